The van der Waals surface area contributed by atoms with E-state index in [1.165, 1.54) is 0 Å². The van der Waals surface area contributed by atoms with Gasteiger partial charge in [-0.25, -0.2) is 0 Å². The fourth-order valence-corrected chi connectivity index (χ4v) is 3.84. The molecule has 26 heavy (non-hydrogen) atoms. The minimum absolute atomic E-state index is 0.00565. The zero-order valence-electron chi connectivity index (χ0n) is 15.2. The van der Waals surface area contributed by atoms with E-state index in [0.717, 1.165) is 32.2 Å². The van der Waals surface area contributed by atoms with Crippen molar-refractivity contribution in [3.8, 4) is 0 Å². The SMILES string of the molecule is CC1CCCCN1C(=O)c1ccc(NC(=O)CC2(C(=O)O)CCC2)cc1. The van der Waals surface area contributed by atoms with Gasteiger partial charge in [0.25, 0.3) is 5.91 Å². The number of likely N-dealkylation sites (tertiary alicyclic amines) is 1. The summed E-state index contributed by atoms with van der Waals surface area (Å²) < 4.78 is 0. The van der Waals surface area contributed by atoms with E-state index in [2.05, 4.69) is 12.2 Å². The van der Waals surface area contributed by atoms with Gasteiger partial charge in [0, 0.05) is 30.3 Å². The van der Waals surface area contributed by atoms with Gasteiger partial charge in [-0.2, -0.15) is 0 Å². The van der Waals surface area contributed by atoms with Crippen LogP contribution >= 0.6 is 0 Å². The van der Waals surface area contributed by atoms with Crippen LogP contribution in [0.5, 0.6) is 0 Å². The zero-order valence-corrected chi connectivity index (χ0v) is 15.2. The summed E-state index contributed by atoms with van der Waals surface area (Å²) >= 11 is 0. The first-order valence-corrected chi connectivity index (χ1v) is 9.36. The van der Waals surface area contributed by atoms with E-state index < -0.39 is 11.4 Å². The molecule has 0 bridgehead atoms. The van der Waals surface area contributed by atoms with E-state index in [1.807, 2.05) is 4.90 Å². The molecule has 1 aliphatic heterocycles. The van der Waals surface area contributed by atoms with Gasteiger partial charge in [0.1, 0.15) is 0 Å². The highest BCUT2D eigenvalue weighted by Gasteiger charge is 2.45. The number of carboxylic acids is 1. The monoisotopic (exact) mass is 358 g/mol. The average molecular weight is 358 g/mol. The standard InChI is InChI=1S/C20H26N2O4/c1-14-5-2-3-12-22(14)18(24)15-6-8-16(9-7-15)21-17(23)13-20(19(25)26)10-4-11-20/h6-9,14H,2-5,10-13H2,1H3,(H,21,23)(H,25,26). The number of nitrogens with zero attached hydrogens (tertiary/aromatic N) is 1. The van der Waals surface area contributed by atoms with Gasteiger partial charge in [-0.15, -0.1) is 0 Å². The number of anilines is 1. The van der Waals surface area contributed by atoms with Crippen LogP contribution in [0.3, 0.4) is 0 Å². The smallest absolute Gasteiger partial charge is 0.310 e. The fraction of sp³-hybridized carbons (Fsp3) is 0.550. The maximum Gasteiger partial charge on any atom is 0.310 e. The molecule has 6 nitrogen and oxygen atoms in total. The van der Waals surface area contributed by atoms with E-state index in [9.17, 15) is 19.5 Å². The van der Waals surface area contributed by atoms with Gasteiger partial charge in [0.2, 0.25) is 5.91 Å². The molecule has 1 atom stereocenters. The minimum atomic E-state index is -0.898. The van der Waals surface area contributed by atoms with E-state index >= 15 is 0 Å². The Labute approximate surface area is 153 Å². The lowest BCUT2D eigenvalue weighted by Crippen LogP contribution is -2.42. The molecule has 0 radical (unpaired) electrons. The van der Waals surface area contributed by atoms with E-state index in [4.69, 9.17) is 0 Å². The number of hydrogen-bond donors (Lipinski definition) is 2. The summed E-state index contributed by atoms with van der Waals surface area (Å²) in [6, 6.07) is 7.10. The van der Waals surface area contributed by atoms with Crippen molar-refractivity contribution in [2.24, 2.45) is 5.41 Å². The summed E-state index contributed by atoms with van der Waals surface area (Å²) in [5.74, 6) is -1.17. The van der Waals surface area contributed by atoms with Crippen molar-refractivity contribution in [1.82, 2.24) is 4.90 Å². The molecular formula is C20H26N2O4. The summed E-state index contributed by atoms with van der Waals surface area (Å²) in [7, 11) is 0. The normalized spacial score (nSPS) is 21.6. The van der Waals surface area contributed by atoms with Crippen molar-refractivity contribution in [1.29, 1.82) is 0 Å². The predicted molar refractivity (Wildman–Crippen MR) is 98.0 cm³/mol. The molecular weight excluding hydrogens is 332 g/mol. The Morgan fingerprint density at radius 3 is 2.38 bits per heavy atom. The molecule has 1 aromatic carbocycles. The Kier molecular flexibility index (Phi) is 5.30. The van der Waals surface area contributed by atoms with Crippen molar-refractivity contribution in [3.63, 3.8) is 0 Å². The second kappa shape index (κ2) is 7.48. The van der Waals surface area contributed by atoms with Crippen LogP contribution in [0, 0.1) is 5.41 Å². The van der Waals surface area contributed by atoms with Gasteiger partial charge in [-0.3, -0.25) is 14.4 Å². The highest BCUT2D eigenvalue weighted by atomic mass is 16.4. The molecule has 1 saturated heterocycles. The van der Waals surface area contributed by atoms with Gasteiger partial charge >= 0.3 is 5.97 Å². The molecule has 1 saturated carbocycles. The first-order valence-electron chi connectivity index (χ1n) is 9.36. The van der Waals surface area contributed by atoms with Crippen LogP contribution in [0.25, 0.3) is 0 Å². The van der Waals surface area contributed by atoms with Crippen molar-refractivity contribution in [3.05, 3.63) is 29.8 Å². The summed E-state index contributed by atoms with van der Waals surface area (Å²) in [6.45, 7) is 2.86. The highest BCUT2D eigenvalue weighted by Crippen LogP contribution is 2.44. The van der Waals surface area contributed by atoms with Gasteiger partial charge < -0.3 is 15.3 Å². The van der Waals surface area contributed by atoms with Gasteiger partial charge in [-0.1, -0.05) is 6.42 Å². The van der Waals surface area contributed by atoms with E-state index in [0.29, 0.717) is 24.1 Å². The number of piperidine rings is 1. The molecule has 1 heterocycles. The molecule has 1 aromatic rings. The predicted octanol–water partition coefficient (Wildman–Crippen LogP) is 3.28. The number of rotatable bonds is 5. The van der Waals surface area contributed by atoms with Crippen LogP contribution in [-0.4, -0.2) is 40.4 Å². The van der Waals surface area contributed by atoms with Crippen LogP contribution in [-0.2, 0) is 9.59 Å². The molecule has 140 valence electrons. The van der Waals surface area contributed by atoms with Gasteiger partial charge in [0.05, 0.1) is 5.41 Å². The van der Waals surface area contributed by atoms with Crippen LogP contribution in [0.15, 0.2) is 24.3 Å². The molecule has 1 unspecified atom stereocenters. The molecule has 1 aliphatic carbocycles. The lowest BCUT2D eigenvalue weighted by molar-refractivity contribution is -0.157. The Morgan fingerprint density at radius 2 is 1.85 bits per heavy atom. The van der Waals surface area contributed by atoms with E-state index in [-0.39, 0.29) is 24.3 Å². The molecule has 2 N–H and O–H groups in total. The molecule has 6 heteroatoms. The molecule has 2 fully saturated rings. The Bertz CT molecular complexity index is 694. The van der Waals surface area contributed by atoms with Crippen molar-refractivity contribution < 1.29 is 19.5 Å². The first kappa shape index (κ1) is 18.4. The maximum atomic E-state index is 12.6. The van der Waals surface area contributed by atoms with Crippen LogP contribution < -0.4 is 5.32 Å². The second-order valence-corrected chi connectivity index (χ2v) is 7.58. The third kappa shape index (κ3) is 3.74. The summed E-state index contributed by atoms with van der Waals surface area (Å²) in [6.07, 6.45) is 5.18. The van der Waals surface area contributed by atoms with Crippen molar-refractivity contribution in [2.75, 3.05) is 11.9 Å². The molecule has 3 rings (SSSR count). The Morgan fingerprint density at radius 1 is 1.15 bits per heavy atom. The number of nitrogens with one attached hydrogen (secondary N) is 1. The molecule has 2 aliphatic rings. The summed E-state index contributed by atoms with van der Waals surface area (Å²) in [4.78, 5) is 38.1. The van der Waals surface area contributed by atoms with Gasteiger partial charge in [0.15, 0.2) is 0 Å². The van der Waals surface area contributed by atoms with E-state index in [1.54, 1.807) is 24.3 Å². The fourth-order valence-electron chi connectivity index (χ4n) is 3.84. The van der Waals surface area contributed by atoms with Crippen LogP contribution in [0.1, 0.15) is 62.2 Å². The minimum Gasteiger partial charge on any atom is -0.481 e. The summed E-state index contributed by atoms with van der Waals surface area (Å²) in [5, 5.41) is 12.1. The topological polar surface area (TPSA) is 86.7 Å². The number of carbonyl (C=O) groups excluding carboxylic acids is 2. The third-order valence-electron chi connectivity index (χ3n) is 5.74. The molecule has 0 spiro atoms. The largest absolute Gasteiger partial charge is 0.481 e. The third-order valence-corrected chi connectivity index (χ3v) is 5.74. The maximum absolute atomic E-state index is 12.6. The summed E-state index contributed by atoms with van der Waals surface area (Å²) in [5.41, 5.74) is 0.292. The highest BCUT2D eigenvalue weighted by molar-refractivity contribution is 5.97. The van der Waals surface area contributed by atoms with Crippen molar-refractivity contribution >= 4 is 23.5 Å². The van der Waals surface area contributed by atoms with Crippen LogP contribution in [0.2, 0.25) is 0 Å². The zero-order chi connectivity index (χ0) is 18.7. The number of benzene rings is 1. The first-order chi connectivity index (χ1) is 12.4. The molecule has 2 amide bonds. The number of hydrogen-bond acceptors (Lipinski definition) is 3. The molecule has 0 aromatic heterocycles. The second-order valence-electron chi connectivity index (χ2n) is 7.58. The quantitative estimate of drug-likeness (QED) is 0.846. The van der Waals surface area contributed by atoms with Crippen molar-refractivity contribution in [2.45, 2.75) is 57.9 Å². The number of carboxylic acid groups (broad SMARTS) is 1. The Balaban J connectivity index is 1.60. The Hall–Kier alpha value is -2.37. The van der Waals surface area contributed by atoms with Gasteiger partial charge in [-0.05, 0) is 63.3 Å². The number of amides is 2. The average Bonchev–Trinajstić information content (AvgIpc) is 2.58. The lowest BCUT2D eigenvalue weighted by atomic mass is 9.66. The number of carbonyl (C=O) groups is 3. The number of aliphatic carboxylic acids is 1. The van der Waals surface area contributed by atoms with Crippen LogP contribution in [0.4, 0.5) is 5.69 Å². The lowest BCUT2D eigenvalue weighted by Gasteiger charge is -2.36.